The van der Waals surface area contributed by atoms with Gasteiger partial charge in [0.25, 0.3) is 5.91 Å². The molecule has 8 nitrogen and oxygen atoms in total. The summed E-state index contributed by atoms with van der Waals surface area (Å²) in [5.74, 6) is -1.61. The zero-order valence-corrected chi connectivity index (χ0v) is 14.0. The van der Waals surface area contributed by atoms with Crippen LogP contribution in [0.25, 0.3) is 0 Å². The predicted molar refractivity (Wildman–Crippen MR) is 84.7 cm³/mol. The van der Waals surface area contributed by atoms with Gasteiger partial charge in [0.1, 0.15) is 0 Å². The second-order valence-electron chi connectivity index (χ2n) is 5.46. The summed E-state index contributed by atoms with van der Waals surface area (Å²) in [6.07, 6.45) is 0.478. The molecule has 0 saturated carbocycles. The SMILES string of the molecule is C[C@@H](OC(=O)c1cccc(S(=O)(=O)NC[C@H]2CCCO2)c1)C(N)=O. The van der Waals surface area contributed by atoms with Gasteiger partial charge in [-0.05, 0) is 38.0 Å². The van der Waals surface area contributed by atoms with Gasteiger partial charge < -0.3 is 15.2 Å². The van der Waals surface area contributed by atoms with E-state index in [2.05, 4.69) is 4.72 Å². The second kappa shape index (κ2) is 7.73. The van der Waals surface area contributed by atoms with E-state index >= 15 is 0 Å². The number of amides is 1. The smallest absolute Gasteiger partial charge is 0.338 e. The highest BCUT2D eigenvalue weighted by atomic mass is 32.2. The number of hydrogen-bond acceptors (Lipinski definition) is 6. The zero-order chi connectivity index (χ0) is 17.7. The maximum atomic E-state index is 12.3. The van der Waals surface area contributed by atoms with Crippen LogP contribution in [0.3, 0.4) is 0 Å². The van der Waals surface area contributed by atoms with Crippen LogP contribution in [0.5, 0.6) is 0 Å². The number of carbonyl (C=O) groups is 2. The number of sulfonamides is 1. The van der Waals surface area contributed by atoms with E-state index in [0.29, 0.717) is 6.61 Å². The molecule has 0 spiro atoms. The molecule has 2 atom stereocenters. The zero-order valence-electron chi connectivity index (χ0n) is 13.2. The molecule has 132 valence electrons. The third kappa shape index (κ3) is 4.76. The largest absolute Gasteiger partial charge is 0.449 e. The maximum absolute atomic E-state index is 12.3. The first kappa shape index (κ1) is 18.4. The van der Waals surface area contributed by atoms with Crippen LogP contribution in [0.15, 0.2) is 29.2 Å². The molecular formula is C15H20N2O6S. The minimum atomic E-state index is -3.78. The standard InChI is InChI=1S/C15H20N2O6S/c1-10(14(16)18)23-15(19)11-4-2-6-13(8-11)24(20,21)17-9-12-5-3-7-22-12/h2,4,6,8,10,12,17H,3,5,7,9H2,1H3,(H2,16,18)/t10-,12-/m1/s1. The quantitative estimate of drug-likeness (QED) is 0.671. The number of ether oxygens (including phenoxy) is 2. The van der Waals surface area contributed by atoms with Gasteiger partial charge >= 0.3 is 5.97 Å². The third-order valence-electron chi connectivity index (χ3n) is 3.59. The van der Waals surface area contributed by atoms with Crippen molar-refractivity contribution < 1.29 is 27.5 Å². The fourth-order valence-corrected chi connectivity index (χ4v) is 3.28. The first-order valence-electron chi connectivity index (χ1n) is 7.51. The molecule has 1 fully saturated rings. The van der Waals surface area contributed by atoms with Gasteiger partial charge in [-0.25, -0.2) is 17.9 Å². The molecule has 1 saturated heterocycles. The fraction of sp³-hybridized carbons (Fsp3) is 0.467. The summed E-state index contributed by atoms with van der Waals surface area (Å²) >= 11 is 0. The Morgan fingerprint density at radius 2 is 2.21 bits per heavy atom. The van der Waals surface area contributed by atoms with Crippen LogP contribution < -0.4 is 10.5 Å². The van der Waals surface area contributed by atoms with Gasteiger partial charge in [0.15, 0.2) is 6.10 Å². The predicted octanol–water partition coefficient (Wildman–Crippen LogP) is 0.175. The van der Waals surface area contributed by atoms with Crippen molar-refractivity contribution in [3.8, 4) is 0 Å². The summed E-state index contributed by atoms with van der Waals surface area (Å²) in [7, 11) is -3.78. The molecule has 0 aromatic heterocycles. The Morgan fingerprint density at radius 1 is 1.46 bits per heavy atom. The van der Waals surface area contributed by atoms with E-state index in [1.54, 1.807) is 0 Å². The van der Waals surface area contributed by atoms with Gasteiger partial charge in [0.05, 0.1) is 16.6 Å². The van der Waals surface area contributed by atoms with Crippen molar-refractivity contribution in [2.45, 2.75) is 36.9 Å². The number of nitrogens with two attached hydrogens (primary N) is 1. The summed E-state index contributed by atoms with van der Waals surface area (Å²) in [6, 6.07) is 5.38. The van der Waals surface area contributed by atoms with Crippen LogP contribution in [0.4, 0.5) is 0 Å². The highest BCUT2D eigenvalue weighted by Crippen LogP contribution is 2.15. The van der Waals surface area contributed by atoms with E-state index in [1.807, 2.05) is 0 Å². The molecule has 9 heteroatoms. The molecule has 1 amide bonds. The maximum Gasteiger partial charge on any atom is 0.338 e. The van der Waals surface area contributed by atoms with Crippen molar-refractivity contribution in [2.24, 2.45) is 5.73 Å². The van der Waals surface area contributed by atoms with Crippen molar-refractivity contribution >= 4 is 21.9 Å². The number of rotatable bonds is 7. The molecule has 3 N–H and O–H groups in total. The van der Waals surface area contributed by atoms with Crippen LogP contribution >= 0.6 is 0 Å². The topological polar surface area (TPSA) is 125 Å². The lowest BCUT2D eigenvalue weighted by molar-refractivity contribution is -0.125. The highest BCUT2D eigenvalue weighted by molar-refractivity contribution is 7.89. The highest BCUT2D eigenvalue weighted by Gasteiger charge is 2.22. The number of benzene rings is 1. The van der Waals surface area contributed by atoms with Crippen LogP contribution in [0, 0.1) is 0 Å². The Morgan fingerprint density at radius 3 is 2.83 bits per heavy atom. The first-order valence-corrected chi connectivity index (χ1v) is 8.99. The summed E-state index contributed by atoms with van der Waals surface area (Å²) in [4.78, 5) is 22.8. The fourth-order valence-electron chi connectivity index (χ4n) is 2.17. The Labute approximate surface area is 140 Å². The van der Waals surface area contributed by atoms with E-state index in [-0.39, 0.29) is 23.1 Å². The molecule has 2 rings (SSSR count). The summed E-state index contributed by atoms with van der Waals surface area (Å²) < 4.78 is 37.3. The minimum Gasteiger partial charge on any atom is -0.449 e. The lowest BCUT2D eigenvalue weighted by Crippen LogP contribution is -2.32. The van der Waals surface area contributed by atoms with Gasteiger partial charge in [0.2, 0.25) is 10.0 Å². The van der Waals surface area contributed by atoms with Crippen molar-refractivity contribution in [3.05, 3.63) is 29.8 Å². The molecule has 1 aliphatic heterocycles. The lowest BCUT2D eigenvalue weighted by Gasteiger charge is -2.13. The molecular weight excluding hydrogens is 336 g/mol. The Bertz CT molecular complexity index is 712. The number of hydrogen-bond donors (Lipinski definition) is 2. The molecule has 0 aliphatic carbocycles. The summed E-state index contributed by atoms with van der Waals surface area (Å²) in [5, 5.41) is 0. The van der Waals surface area contributed by atoms with E-state index in [0.717, 1.165) is 12.8 Å². The van der Waals surface area contributed by atoms with E-state index in [4.69, 9.17) is 15.2 Å². The summed E-state index contributed by atoms with van der Waals surface area (Å²) in [6.45, 7) is 2.14. The number of esters is 1. The molecule has 24 heavy (non-hydrogen) atoms. The number of nitrogens with one attached hydrogen (secondary N) is 1. The third-order valence-corrected chi connectivity index (χ3v) is 5.01. The number of carbonyl (C=O) groups excluding carboxylic acids is 2. The molecule has 1 aliphatic rings. The van der Waals surface area contributed by atoms with Crippen molar-refractivity contribution in [2.75, 3.05) is 13.2 Å². The van der Waals surface area contributed by atoms with Gasteiger partial charge in [0, 0.05) is 13.2 Å². The molecule has 1 aromatic carbocycles. The van der Waals surface area contributed by atoms with Crippen molar-refractivity contribution in [1.82, 2.24) is 4.72 Å². The van der Waals surface area contributed by atoms with Crippen LogP contribution in [-0.2, 0) is 24.3 Å². The number of primary amides is 1. The molecule has 0 unspecified atom stereocenters. The van der Waals surface area contributed by atoms with E-state index in [9.17, 15) is 18.0 Å². The summed E-state index contributed by atoms with van der Waals surface area (Å²) in [5.41, 5.74) is 5.04. The van der Waals surface area contributed by atoms with E-state index in [1.165, 1.54) is 31.2 Å². The average molecular weight is 356 g/mol. The Kier molecular flexibility index (Phi) is 5.92. The monoisotopic (exact) mass is 356 g/mol. The van der Waals surface area contributed by atoms with E-state index < -0.39 is 28.0 Å². The van der Waals surface area contributed by atoms with Gasteiger partial charge in [-0.2, -0.15) is 0 Å². The average Bonchev–Trinajstić information content (AvgIpc) is 3.06. The molecule has 0 bridgehead atoms. The molecule has 1 aromatic rings. The van der Waals surface area contributed by atoms with Crippen LogP contribution in [0.2, 0.25) is 0 Å². The van der Waals surface area contributed by atoms with Crippen LogP contribution in [0.1, 0.15) is 30.1 Å². The second-order valence-corrected chi connectivity index (χ2v) is 7.23. The van der Waals surface area contributed by atoms with Crippen molar-refractivity contribution in [1.29, 1.82) is 0 Å². The minimum absolute atomic E-state index is 0.0168. The van der Waals surface area contributed by atoms with Crippen molar-refractivity contribution in [3.63, 3.8) is 0 Å². The molecule has 0 radical (unpaired) electrons. The van der Waals surface area contributed by atoms with Gasteiger partial charge in [-0.15, -0.1) is 0 Å². The first-order chi connectivity index (χ1) is 11.3. The van der Waals surface area contributed by atoms with Gasteiger partial charge in [-0.1, -0.05) is 6.07 Å². The molecule has 1 heterocycles. The van der Waals surface area contributed by atoms with Gasteiger partial charge in [-0.3, -0.25) is 4.79 Å². The Balaban J connectivity index is 2.07. The van der Waals surface area contributed by atoms with Crippen LogP contribution in [-0.4, -0.2) is 45.7 Å². The lowest BCUT2D eigenvalue weighted by atomic mass is 10.2. The Hall–Kier alpha value is -1.97. The normalized spacial score (nSPS) is 19.0.